The first kappa shape index (κ1) is 13.4. The van der Waals surface area contributed by atoms with Gasteiger partial charge in [0.15, 0.2) is 5.76 Å². The molecule has 3 rings (SSSR count). The van der Waals surface area contributed by atoms with E-state index in [2.05, 4.69) is 17.4 Å². The molecule has 0 aliphatic rings. The average molecular weight is 279 g/mol. The van der Waals surface area contributed by atoms with Crippen molar-refractivity contribution in [2.24, 2.45) is 0 Å². The van der Waals surface area contributed by atoms with E-state index in [-0.39, 0.29) is 11.9 Å². The van der Waals surface area contributed by atoms with Gasteiger partial charge >= 0.3 is 0 Å². The number of hydrogen-bond donors (Lipinski definition) is 1. The second-order valence-electron chi connectivity index (χ2n) is 5.21. The van der Waals surface area contributed by atoms with Crippen LogP contribution in [0.1, 0.15) is 23.0 Å². The van der Waals surface area contributed by atoms with Gasteiger partial charge in [0.1, 0.15) is 5.58 Å². The summed E-state index contributed by atoms with van der Waals surface area (Å²) < 4.78 is 5.57. The van der Waals surface area contributed by atoms with Gasteiger partial charge < -0.3 is 9.73 Å². The lowest BCUT2D eigenvalue weighted by atomic mass is 10.1. The van der Waals surface area contributed by atoms with Gasteiger partial charge in [-0.2, -0.15) is 0 Å². The molecule has 0 unspecified atom stereocenters. The number of benzene rings is 2. The molecule has 0 saturated carbocycles. The fourth-order valence-electron chi connectivity index (χ4n) is 2.41. The van der Waals surface area contributed by atoms with Gasteiger partial charge in [-0.1, -0.05) is 48.5 Å². The van der Waals surface area contributed by atoms with Crippen molar-refractivity contribution in [1.29, 1.82) is 0 Å². The number of para-hydroxylation sites is 1. The first-order valence-electron chi connectivity index (χ1n) is 7.06. The fourth-order valence-corrected chi connectivity index (χ4v) is 2.41. The smallest absolute Gasteiger partial charge is 0.287 e. The molecule has 3 heteroatoms. The zero-order valence-electron chi connectivity index (χ0n) is 11.9. The summed E-state index contributed by atoms with van der Waals surface area (Å²) in [7, 11) is 0. The summed E-state index contributed by atoms with van der Waals surface area (Å²) in [6.07, 6.45) is 0.798. The quantitative estimate of drug-likeness (QED) is 0.789. The maximum absolute atomic E-state index is 12.2. The third kappa shape index (κ3) is 3.14. The van der Waals surface area contributed by atoms with Crippen LogP contribution in [0.5, 0.6) is 0 Å². The summed E-state index contributed by atoms with van der Waals surface area (Å²) in [6, 6.07) is 19.6. The molecule has 0 aliphatic heterocycles. The number of amides is 1. The molecule has 1 atom stereocenters. The Kier molecular flexibility index (Phi) is 3.73. The van der Waals surface area contributed by atoms with Crippen molar-refractivity contribution in [1.82, 2.24) is 5.32 Å². The number of nitrogens with one attached hydrogen (secondary N) is 1. The predicted molar refractivity (Wildman–Crippen MR) is 83.3 cm³/mol. The van der Waals surface area contributed by atoms with E-state index >= 15 is 0 Å². The lowest BCUT2D eigenvalue weighted by Crippen LogP contribution is -2.33. The molecule has 0 radical (unpaired) electrons. The monoisotopic (exact) mass is 279 g/mol. The number of carbonyl (C=O) groups is 1. The summed E-state index contributed by atoms with van der Waals surface area (Å²) in [5, 5.41) is 3.92. The molecule has 1 N–H and O–H groups in total. The van der Waals surface area contributed by atoms with Crippen LogP contribution in [-0.4, -0.2) is 11.9 Å². The number of fused-ring (bicyclic) bond motifs is 1. The van der Waals surface area contributed by atoms with Gasteiger partial charge in [0, 0.05) is 11.4 Å². The molecule has 0 aliphatic carbocycles. The standard InChI is InChI=1S/C18H17NO2/c1-13(11-14-7-3-2-4-8-14)19-18(20)17-12-15-9-5-6-10-16(15)21-17/h2-10,12-13H,11H2,1H3,(H,19,20)/t13-/m1/s1. The van der Waals surface area contributed by atoms with Crippen molar-refractivity contribution in [2.75, 3.05) is 0 Å². The number of carbonyl (C=O) groups excluding carboxylic acids is 1. The second-order valence-corrected chi connectivity index (χ2v) is 5.21. The van der Waals surface area contributed by atoms with Gasteiger partial charge in [0.05, 0.1) is 0 Å². The van der Waals surface area contributed by atoms with Crippen molar-refractivity contribution in [3.8, 4) is 0 Å². The van der Waals surface area contributed by atoms with E-state index in [0.29, 0.717) is 5.76 Å². The third-order valence-electron chi connectivity index (χ3n) is 3.41. The Labute approximate surface area is 123 Å². The maximum atomic E-state index is 12.2. The lowest BCUT2D eigenvalue weighted by Gasteiger charge is -2.12. The van der Waals surface area contributed by atoms with E-state index in [4.69, 9.17) is 4.42 Å². The van der Waals surface area contributed by atoms with Crippen LogP contribution in [0.4, 0.5) is 0 Å². The molecule has 0 bridgehead atoms. The van der Waals surface area contributed by atoms with Gasteiger partial charge in [0.2, 0.25) is 0 Å². The van der Waals surface area contributed by atoms with Crippen LogP contribution >= 0.6 is 0 Å². The minimum atomic E-state index is -0.172. The molecule has 0 fully saturated rings. The highest BCUT2D eigenvalue weighted by Crippen LogP contribution is 2.18. The summed E-state index contributed by atoms with van der Waals surface area (Å²) in [5.74, 6) is 0.186. The predicted octanol–water partition coefficient (Wildman–Crippen LogP) is 3.79. The summed E-state index contributed by atoms with van der Waals surface area (Å²) in [4.78, 5) is 12.2. The molecule has 3 nitrogen and oxygen atoms in total. The number of hydrogen-bond acceptors (Lipinski definition) is 2. The Balaban J connectivity index is 1.68. The topological polar surface area (TPSA) is 42.2 Å². The van der Waals surface area contributed by atoms with Crippen LogP contribution in [0, 0.1) is 0 Å². The molecule has 1 heterocycles. The Morgan fingerprint density at radius 3 is 2.57 bits per heavy atom. The van der Waals surface area contributed by atoms with Gasteiger partial charge in [-0.25, -0.2) is 0 Å². The van der Waals surface area contributed by atoms with E-state index < -0.39 is 0 Å². The van der Waals surface area contributed by atoms with Crippen molar-refractivity contribution < 1.29 is 9.21 Å². The molecule has 0 saturated heterocycles. The molecule has 1 amide bonds. The average Bonchev–Trinajstić information content (AvgIpc) is 2.92. The molecule has 3 aromatic rings. The Morgan fingerprint density at radius 1 is 1.10 bits per heavy atom. The highest BCUT2D eigenvalue weighted by Gasteiger charge is 2.14. The van der Waals surface area contributed by atoms with E-state index in [9.17, 15) is 4.79 Å². The first-order chi connectivity index (χ1) is 10.2. The Bertz CT molecular complexity index is 713. The van der Waals surface area contributed by atoms with Crippen LogP contribution in [0.15, 0.2) is 65.1 Å². The van der Waals surface area contributed by atoms with Crippen molar-refractivity contribution >= 4 is 16.9 Å². The maximum Gasteiger partial charge on any atom is 0.287 e. The second kappa shape index (κ2) is 5.83. The van der Waals surface area contributed by atoms with E-state index in [1.807, 2.05) is 49.4 Å². The van der Waals surface area contributed by atoms with Crippen molar-refractivity contribution in [2.45, 2.75) is 19.4 Å². The Hall–Kier alpha value is -2.55. The molecular weight excluding hydrogens is 262 g/mol. The summed E-state index contributed by atoms with van der Waals surface area (Å²) in [5.41, 5.74) is 1.94. The van der Waals surface area contributed by atoms with E-state index in [1.54, 1.807) is 6.07 Å². The lowest BCUT2D eigenvalue weighted by molar-refractivity contribution is 0.0914. The summed E-state index contributed by atoms with van der Waals surface area (Å²) in [6.45, 7) is 1.99. The Morgan fingerprint density at radius 2 is 1.81 bits per heavy atom. The fraction of sp³-hybridized carbons (Fsp3) is 0.167. The van der Waals surface area contributed by atoms with Crippen molar-refractivity contribution in [3.63, 3.8) is 0 Å². The number of furan rings is 1. The highest BCUT2D eigenvalue weighted by atomic mass is 16.3. The zero-order chi connectivity index (χ0) is 14.7. The van der Waals surface area contributed by atoms with Crippen molar-refractivity contribution in [3.05, 3.63) is 72.0 Å². The SMILES string of the molecule is C[C@H](Cc1ccccc1)NC(=O)c1cc2ccccc2o1. The summed E-state index contributed by atoms with van der Waals surface area (Å²) >= 11 is 0. The molecular formula is C18H17NO2. The third-order valence-corrected chi connectivity index (χ3v) is 3.41. The largest absolute Gasteiger partial charge is 0.451 e. The molecule has 1 aromatic heterocycles. The van der Waals surface area contributed by atoms with Crippen LogP contribution in [0.2, 0.25) is 0 Å². The molecule has 0 spiro atoms. The van der Waals surface area contributed by atoms with E-state index in [1.165, 1.54) is 5.56 Å². The van der Waals surface area contributed by atoms with E-state index in [0.717, 1.165) is 17.4 Å². The minimum Gasteiger partial charge on any atom is -0.451 e. The van der Waals surface area contributed by atoms with Gasteiger partial charge in [-0.15, -0.1) is 0 Å². The normalized spacial score (nSPS) is 12.2. The first-order valence-corrected chi connectivity index (χ1v) is 7.06. The van der Waals surface area contributed by atoms with Gasteiger partial charge in [0.25, 0.3) is 5.91 Å². The molecule has 21 heavy (non-hydrogen) atoms. The van der Waals surface area contributed by atoms with Crippen LogP contribution < -0.4 is 5.32 Å². The van der Waals surface area contributed by atoms with Gasteiger partial charge in [-0.3, -0.25) is 4.79 Å². The van der Waals surface area contributed by atoms with Crippen LogP contribution in [-0.2, 0) is 6.42 Å². The van der Waals surface area contributed by atoms with Crippen LogP contribution in [0.25, 0.3) is 11.0 Å². The minimum absolute atomic E-state index is 0.0492. The molecule has 106 valence electrons. The van der Waals surface area contributed by atoms with Gasteiger partial charge in [-0.05, 0) is 31.0 Å². The highest BCUT2D eigenvalue weighted by molar-refractivity contribution is 5.96. The van der Waals surface area contributed by atoms with Crippen LogP contribution in [0.3, 0.4) is 0 Å². The zero-order valence-corrected chi connectivity index (χ0v) is 11.9. The molecule has 2 aromatic carbocycles. The number of rotatable bonds is 4.